The average molecular weight is 467 g/mol. The molecular weight excluding hydrogens is 453 g/mol. The first kappa shape index (κ1) is 19.3. The van der Waals surface area contributed by atoms with Crippen LogP contribution in [-0.2, 0) is 6.18 Å². The Kier molecular flexibility index (Phi) is 4.73. The summed E-state index contributed by atoms with van der Waals surface area (Å²) in [5.41, 5.74) is 1.85. The smallest absolute Gasteiger partial charge is 0.417 e. The SMILES string of the molecule is COc1ccc(-c2cc(-c3nc4cc(Br)c(C(F)(F)F)cc4[nH]3)[nH]n2)cc1OC. The minimum absolute atomic E-state index is 0.0637. The van der Waals surface area contributed by atoms with Crippen molar-refractivity contribution in [3.63, 3.8) is 0 Å². The number of fused-ring (bicyclic) bond motifs is 1. The van der Waals surface area contributed by atoms with Gasteiger partial charge in [-0.3, -0.25) is 5.10 Å². The molecule has 6 nitrogen and oxygen atoms in total. The largest absolute Gasteiger partial charge is 0.493 e. The number of nitrogens with zero attached hydrogens (tertiary/aromatic N) is 2. The zero-order valence-corrected chi connectivity index (χ0v) is 16.8. The predicted molar refractivity (Wildman–Crippen MR) is 105 cm³/mol. The Morgan fingerprint density at radius 1 is 1.00 bits per heavy atom. The molecule has 10 heteroatoms. The third-order valence-corrected chi connectivity index (χ3v) is 5.04. The van der Waals surface area contributed by atoms with Crippen LogP contribution < -0.4 is 9.47 Å². The average Bonchev–Trinajstić information content (AvgIpc) is 3.32. The van der Waals surface area contributed by atoms with Gasteiger partial charge in [-0.05, 0) is 36.4 Å². The van der Waals surface area contributed by atoms with E-state index in [9.17, 15) is 13.2 Å². The van der Waals surface area contributed by atoms with Gasteiger partial charge in [0.15, 0.2) is 17.3 Å². The molecule has 0 aliphatic carbocycles. The Bertz CT molecular complexity index is 1200. The van der Waals surface area contributed by atoms with Gasteiger partial charge in [0, 0.05) is 10.0 Å². The number of alkyl halides is 3. The van der Waals surface area contributed by atoms with Crippen LogP contribution in [0.25, 0.3) is 33.8 Å². The highest BCUT2D eigenvalue weighted by molar-refractivity contribution is 9.10. The van der Waals surface area contributed by atoms with E-state index in [0.717, 1.165) is 11.6 Å². The lowest BCUT2D eigenvalue weighted by Gasteiger charge is -2.08. The summed E-state index contributed by atoms with van der Waals surface area (Å²) in [6.07, 6.45) is -4.47. The molecule has 0 atom stereocenters. The van der Waals surface area contributed by atoms with E-state index in [-0.39, 0.29) is 9.99 Å². The predicted octanol–water partition coefficient (Wildman–Crippen LogP) is 5.42. The Morgan fingerprint density at radius 3 is 2.45 bits per heavy atom. The number of H-pyrrole nitrogens is 2. The molecule has 4 aromatic rings. The van der Waals surface area contributed by atoms with E-state index in [4.69, 9.17) is 9.47 Å². The monoisotopic (exact) mass is 466 g/mol. The van der Waals surface area contributed by atoms with Gasteiger partial charge in [0.05, 0.1) is 36.5 Å². The lowest BCUT2D eigenvalue weighted by Crippen LogP contribution is -2.05. The van der Waals surface area contributed by atoms with Crippen molar-refractivity contribution in [2.24, 2.45) is 0 Å². The first-order valence-electron chi connectivity index (χ1n) is 8.35. The number of rotatable bonds is 4. The molecule has 2 aromatic carbocycles. The van der Waals surface area contributed by atoms with Gasteiger partial charge >= 0.3 is 6.18 Å². The van der Waals surface area contributed by atoms with Gasteiger partial charge < -0.3 is 14.5 Å². The summed E-state index contributed by atoms with van der Waals surface area (Å²) in [5, 5.41) is 7.12. The molecule has 0 amide bonds. The molecule has 0 bridgehead atoms. The van der Waals surface area contributed by atoms with E-state index in [1.807, 2.05) is 6.07 Å². The normalized spacial score (nSPS) is 11.8. The molecule has 2 heterocycles. The van der Waals surface area contributed by atoms with Crippen LogP contribution in [0.3, 0.4) is 0 Å². The van der Waals surface area contributed by atoms with E-state index in [1.54, 1.807) is 32.4 Å². The van der Waals surface area contributed by atoms with E-state index < -0.39 is 11.7 Å². The summed E-state index contributed by atoms with van der Waals surface area (Å²) < 4.78 is 49.8. The highest BCUT2D eigenvalue weighted by atomic mass is 79.9. The second-order valence-electron chi connectivity index (χ2n) is 6.17. The molecule has 0 saturated carbocycles. The molecule has 150 valence electrons. The third-order valence-electron chi connectivity index (χ3n) is 4.39. The van der Waals surface area contributed by atoms with E-state index >= 15 is 0 Å². The highest BCUT2D eigenvalue weighted by Crippen LogP contribution is 2.37. The van der Waals surface area contributed by atoms with Gasteiger partial charge in [0.25, 0.3) is 0 Å². The number of ether oxygens (including phenoxy) is 2. The summed E-state index contributed by atoms with van der Waals surface area (Å²) in [7, 11) is 3.09. The number of hydrogen-bond donors (Lipinski definition) is 2. The second kappa shape index (κ2) is 7.11. The van der Waals surface area contributed by atoms with Crippen LogP contribution in [0.4, 0.5) is 13.2 Å². The fourth-order valence-electron chi connectivity index (χ4n) is 2.96. The van der Waals surface area contributed by atoms with Crippen molar-refractivity contribution in [3.05, 3.63) is 46.4 Å². The number of hydrogen-bond acceptors (Lipinski definition) is 4. The van der Waals surface area contributed by atoms with Gasteiger partial charge in [-0.2, -0.15) is 18.3 Å². The molecule has 2 aromatic heterocycles. The molecule has 0 aliphatic heterocycles. The van der Waals surface area contributed by atoms with Crippen LogP contribution in [0, 0.1) is 0 Å². The number of benzene rings is 2. The van der Waals surface area contributed by atoms with Crippen LogP contribution in [-0.4, -0.2) is 34.4 Å². The topological polar surface area (TPSA) is 75.8 Å². The molecule has 2 N–H and O–H groups in total. The van der Waals surface area contributed by atoms with E-state index in [1.165, 1.54) is 6.07 Å². The quantitative estimate of drug-likeness (QED) is 0.421. The number of aromatic amines is 2. The first-order valence-corrected chi connectivity index (χ1v) is 9.14. The van der Waals surface area contributed by atoms with Gasteiger partial charge in [0.1, 0.15) is 5.69 Å². The van der Waals surface area contributed by atoms with Gasteiger partial charge in [-0.1, -0.05) is 15.9 Å². The minimum atomic E-state index is -4.47. The van der Waals surface area contributed by atoms with Crippen LogP contribution in [0.1, 0.15) is 5.56 Å². The Labute approximate surface area is 171 Å². The number of aromatic nitrogens is 4. The van der Waals surface area contributed by atoms with Crippen molar-refractivity contribution < 1.29 is 22.6 Å². The Morgan fingerprint density at radius 2 is 1.76 bits per heavy atom. The zero-order valence-electron chi connectivity index (χ0n) is 15.2. The molecule has 0 radical (unpaired) electrons. The van der Waals surface area contributed by atoms with Gasteiger partial charge in [-0.25, -0.2) is 4.98 Å². The number of nitrogens with one attached hydrogen (secondary N) is 2. The molecule has 0 spiro atoms. The van der Waals surface area contributed by atoms with Crippen LogP contribution in [0.2, 0.25) is 0 Å². The molecule has 0 unspecified atom stereocenters. The van der Waals surface area contributed by atoms with Crippen molar-refractivity contribution in [2.75, 3.05) is 14.2 Å². The fraction of sp³-hybridized carbons (Fsp3) is 0.158. The lowest BCUT2D eigenvalue weighted by molar-refractivity contribution is -0.138. The van der Waals surface area contributed by atoms with Crippen LogP contribution in [0.15, 0.2) is 40.9 Å². The minimum Gasteiger partial charge on any atom is -0.493 e. The van der Waals surface area contributed by atoms with Crippen LogP contribution in [0.5, 0.6) is 11.5 Å². The summed E-state index contributed by atoms with van der Waals surface area (Å²) in [5.74, 6) is 1.53. The standard InChI is InChI=1S/C19H14BrF3N4O2/c1-28-16-4-3-9(5-17(16)29-2)12-8-15(27-26-12)18-24-13-6-10(19(21,22)23)11(20)7-14(13)25-18/h3-8H,1-2H3,(H,24,25)(H,26,27). The third kappa shape index (κ3) is 3.55. The lowest BCUT2D eigenvalue weighted by atomic mass is 10.1. The Balaban J connectivity index is 1.72. The molecule has 0 saturated heterocycles. The number of halogens is 4. The molecule has 0 aliphatic rings. The van der Waals surface area contributed by atoms with Crippen molar-refractivity contribution >= 4 is 27.0 Å². The molecule has 29 heavy (non-hydrogen) atoms. The summed E-state index contributed by atoms with van der Waals surface area (Å²) in [4.78, 5) is 7.28. The maximum atomic E-state index is 13.1. The van der Waals surface area contributed by atoms with Gasteiger partial charge in [0.2, 0.25) is 0 Å². The molecule has 4 rings (SSSR count). The van der Waals surface area contributed by atoms with Gasteiger partial charge in [-0.15, -0.1) is 0 Å². The first-order chi connectivity index (χ1) is 13.8. The van der Waals surface area contributed by atoms with Crippen molar-refractivity contribution in [3.8, 4) is 34.3 Å². The van der Waals surface area contributed by atoms with E-state index in [2.05, 4.69) is 36.1 Å². The maximum absolute atomic E-state index is 13.1. The van der Waals surface area contributed by atoms with Crippen LogP contribution >= 0.6 is 15.9 Å². The highest BCUT2D eigenvalue weighted by Gasteiger charge is 2.33. The number of imidazole rings is 1. The summed E-state index contributed by atoms with van der Waals surface area (Å²) in [6.45, 7) is 0. The summed E-state index contributed by atoms with van der Waals surface area (Å²) >= 11 is 2.96. The fourth-order valence-corrected chi connectivity index (χ4v) is 3.52. The molecule has 0 fully saturated rings. The Hall–Kier alpha value is -3.01. The molecular formula is C19H14BrF3N4O2. The zero-order chi connectivity index (χ0) is 20.8. The van der Waals surface area contributed by atoms with E-state index in [0.29, 0.717) is 34.2 Å². The van der Waals surface area contributed by atoms with Crippen molar-refractivity contribution in [2.45, 2.75) is 6.18 Å². The van der Waals surface area contributed by atoms with Crippen molar-refractivity contribution in [1.29, 1.82) is 0 Å². The second-order valence-corrected chi connectivity index (χ2v) is 7.02. The summed E-state index contributed by atoms with van der Waals surface area (Å²) in [6, 6.07) is 9.49. The van der Waals surface area contributed by atoms with Crippen molar-refractivity contribution in [1.82, 2.24) is 20.2 Å². The maximum Gasteiger partial charge on any atom is 0.417 e. The number of methoxy groups -OCH3 is 2.